The second kappa shape index (κ2) is 5.97. The molecule has 0 aliphatic heterocycles. The molecule has 2 N–H and O–H groups in total. The van der Waals surface area contributed by atoms with Crippen molar-refractivity contribution >= 4 is 21.6 Å². The Bertz CT molecular complexity index is 742. The van der Waals surface area contributed by atoms with Gasteiger partial charge in [-0.05, 0) is 45.3 Å². The third-order valence-corrected chi connectivity index (χ3v) is 3.46. The molecular formula is C17H13BrN2O. The van der Waals surface area contributed by atoms with Gasteiger partial charge in [-0.15, -0.1) is 0 Å². The Morgan fingerprint density at radius 2 is 1.57 bits per heavy atom. The van der Waals surface area contributed by atoms with Crippen molar-refractivity contribution in [2.45, 2.75) is 0 Å². The van der Waals surface area contributed by atoms with Crippen LogP contribution in [0.3, 0.4) is 0 Å². The number of nitrogens with two attached hydrogens (primary N) is 1. The normalized spacial score (nSPS) is 10.3. The number of aromatic nitrogens is 1. The molecule has 3 nitrogen and oxygen atoms in total. The van der Waals surface area contributed by atoms with Gasteiger partial charge >= 0.3 is 0 Å². The highest BCUT2D eigenvalue weighted by atomic mass is 79.9. The van der Waals surface area contributed by atoms with Gasteiger partial charge in [0.25, 0.3) is 0 Å². The molecule has 0 aliphatic rings. The molecule has 0 radical (unpaired) electrons. The van der Waals surface area contributed by atoms with E-state index >= 15 is 0 Å². The molecule has 4 heteroatoms. The number of rotatable bonds is 3. The van der Waals surface area contributed by atoms with Gasteiger partial charge in [0.1, 0.15) is 5.75 Å². The van der Waals surface area contributed by atoms with Crippen LogP contribution in [0.1, 0.15) is 0 Å². The van der Waals surface area contributed by atoms with Gasteiger partial charge in [-0.3, -0.25) is 0 Å². The van der Waals surface area contributed by atoms with E-state index in [1.54, 1.807) is 12.3 Å². The van der Waals surface area contributed by atoms with Crippen molar-refractivity contribution in [2.75, 3.05) is 5.73 Å². The highest BCUT2D eigenvalue weighted by Crippen LogP contribution is 2.29. The van der Waals surface area contributed by atoms with Crippen LogP contribution in [0.15, 0.2) is 71.3 Å². The van der Waals surface area contributed by atoms with E-state index < -0.39 is 0 Å². The third kappa shape index (κ3) is 3.23. The van der Waals surface area contributed by atoms with Crippen molar-refractivity contribution in [3.8, 4) is 22.8 Å². The van der Waals surface area contributed by atoms with E-state index in [-0.39, 0.29) is 0 Å². The standard InChI is InChI=1S/C17H13BrN2O/c18-14-10-16(19)17(20-11-14)21-15-8-6-13(7-9-15)12-4-2-1-3-5-12/h1-11H,19H2. The van der Waals surface area contributed by atoms with Gasteiger partial charge in [0.05, 0.1) is 5.69 Å². The van der Waals surface area contributed by atoms with Crippen LogP contribution in [0.25, 0.3) is 11.1 Å². The first-order valence-corrected chi connectivity index (χ1v) is 7.26. The summed E-state index contributed by atoms with van der Waals surface area (Å²) in [6.45, 7) is 0. The van der Waals surface area contributed by atoms with Gasteiger partial charge in [-0.1, -0.05) is 42.5 Å². The lowest BCUT2D eigenvalue weighted by molar-refractivity contribution is 0.465. The lowest BCUT2D eigenvalue weighted by Gasteiger charge is -2.08. The molecular weight excluding hydrogens is 328 g/mol. The van der Waals surface area contributed by atoms with E-state index in [0.29, 0.717) is 17.3 Å². The van der Waals surface area contributed by atoms with E-state index in [2.05, 4.69) is 33.0 Å². The summed E-state index contributed by atoms with van der Waals surface area (Å²) in [7, 11) is 0. The minimum Gasteiger partial charge on any atom is -0.437 e. The number of halogens is 1. The van der Waals surface area contributed by atoms with Gasteiger partial charge in [0.15, 0.2) is 0 Å². The van der Waals surface area contributed by atoms with Gasteiger partial charge < -0.3 is 10.5 Å². The maximum absolute atomic E-state index is 5.87. The third-order valence-electron chi connectivity index (χ3n) is 3.02. The Morgan fingerprint density at radius 3 is 2.24 bits per heavy atom. The first-order valence-electron chi connectivity index (χ1n) is 6.47. The molecule has 104 valence electrons. The molecule has 0 saturated heterocycles. The fraction of sp³-hybridized carbons (Fsp3) is 0. The number of ether oxygens (including phenoxy) is 1. The molecule has 0 bridgehead atoms. The van der Waals surface area contributed by atoms with Crippen molar-refractivity contribution < 1.29 is 4.74 Å². The summed E-state index contributed by atoms with van der Waals surface area (Å²) in [5.41, 5.74) is 8.68. The summed E-state index contributed by atoms with van der Waals surface area (Å²) >= 11 is 3.32. The molecule has 2 aromatic carbocycles. The van der Waals surface area contributed by atoms with Crippen LogP contribution in [0.2, 0.25) is 0 Å². The predicted octanol–water partition coefficient (Wildman–Crippen LogP) is 4.89. The van der Waals surface area contributed by atoms with Crippen molar-refractivity contribution in [2.24, 2.45) is 0 Å². The van der Waals surface area contributed by atoms with Gasteiger partial charge in [0.2, 0.25) is 5.88 Å². The molecule has 3 aromatic rings. The van der Waals surface area contributed by atoms with Crippen LogP contribution in [-0.4, -0.2) is 4.98 Å². The maximum atomic E-state index is 5.87. The van der Waals surface area contributed by atoms with Gasteiger partial charge in [0, 0.05) is 10.7 Å². The van der Waals surface area contributed by atoms with Gasteiger partial charge in [-0.2, -0.15) is 0 Å². The monoisotopic (exact) mass is 340 g/mol. The zero-order valence-electron chi connectivity index (χ0n) is 11.2. The number of hydrogen-bond acceptors (Lipinski definition) is 3. The summed E-state index contributed by atoms with van der Waals surface area (Å²) in [6, 6.07) is 19.8. The Hall–Kier alpha value is -2.33. The van der Waals surface area contributed by atoms with Crippen LogP contribution in [0, 0.1) is 0 Å². The van der Waals surface area contributed by atoms with Crippen LogP contribution < -0.4 is 10.5 Å². The largest absolute Gasteiger partial charge is 0.437 e. The first-order chi connectivity index (χ1) is 10.2. The van der Waals surface area contributed by atoms with E-state index in [0.717, 1.165) is 10.0 Å². The fourth-order valence-electron chi connectivity index (χ4n) is 1.99. The Kier molecular flexibility index (Phi) is 3.88. The first kappa shape index (κ1) is 13.6. The van der Waals surface area contributed by atoms with Crippen LogP contribution in [0.5, 0.6) is 11.6 Å². The Balaban J connectivity index is 1.81. The Morgan fingerprint density at radius 1 is 0.905 bits per heavy atom. The average Bonchev–Trinajstić information content (AvgIpc) is 2.52. The number of anilines is 1. The zero-order valence-corrected chi connectivity index (χ0v) is 12.7. The molecule has 21 heavy (non-hydrogen) atoms. The Labute approximate surface area is 131 Å². The highest BCUT2D eigenvalue weighted by Gasteiger charge is 2.05. The van der Waals surface area contributed by atoms with Crippen molar-refractivity contribution in [3.63, 3.8) is 0 Å². The van der Waals surface area contributed by atoms with E-state index in [9.17, 15) is 0 Å². The molecule has 0 spiro atoms. The molecule has 0 unspecified atom stereocenters. The van der Waals surface area contributed by atoms with Crippen molar-refractivity contribution in [1.82, 2.24) is 4.98 Å². The molecule has 3 rings (SSSR count). The number of benzene rings is 2. The smallest absolute Gasteiger partial charge is 0.242 e. The SMILES string of the molecule is Nc1cc(Br)cnc1Oc1ccc(-c2ccccc2)cc1. The molecule has 0 aliphatic carbocycles. The summed E-state index contributed by atoms with van der Waals surface area (Å²) < 4.78 is 6.52. The minimum atomic E-state index is 0.408. The number of nitrogens with zero attached hydrogens (tertiary/aromatic N) is 1. The zero-order chi connectivity index (χ0) is 14.7. The second-order valence-corrected chi connectivity index (χ2v) is 5.46. The molecule has 0 saturated carbocycles. The fourth-order valence-corrected chi connectivity index (χ4v) is 2.33. The van der Waals surface area contributed by atoms with Crippen LogP contribution in [0.4, 0.5) is 5.69 Å². The van der Waals surface area contributed by atoms with Crippen molar-refractivity contribution in [1.29, 1.82) is 0 Å². The topological polar surface area (TPSA) is 48.1 Å². The average molecular weight is 341 g/mol. The predicted molar refractivity (Wildman–Crippen MR) is 88.3 cm³/mol. The number of hydrogen-bond donors (Lipinski definition) is 1. The quantitative estimate of drug-likeness (QED) is 0.738. The number of pyridine rings is 1. The van der Waals surface area contributed by atoms with E-state index in [1.165, 1.54) is 5.56 Å². The summed E-state index contributed by atoms with van der Waals surface area (Å²) in [5, 5.41) is 0. The molecule has 0 amide bonds. The molecule has 1 aromatic heterocycles. The van der Waals surface area contributed by atoms with Crippen LogP contribution >= 0.6 is 15.9 Å². The highest BCUT2D eigenvalue weighted by molar-refractivity contribution is 9.10. The molecule has 1 heterocycles. The molecule has 0 fully saturated rings. The summed E-state index contributed by atoms with van der Waals surface area (Å²) in [6.07, 6.45) is 1.66. The van der Waals surface area contributed by atoms with E-state index in [4.69, 9.17) is 10.5 Å². The summed E-state index contributed by atoms with van der Waals surface area (Å²) in [4.78, 5) is 4.16. The van der Waals surface area contributed by atoms with E-state index in [1.807, 2.05) is 42.5 Å². The van der Waals surface area contributed by atoms with Crippen molar-refractivity contribution in [3.05, 3.63) is 71.3 Å². The lowest BCUT2D eigenvalue weighted by atomic mass is 10.1. The van der Waals surface area contributed by atoms with Gasteiger partial charge in [-0.25, -0.2) is 4.98 Å². The minimum absolute atomic E-state index is 0.408. The maximum Gasteiger partial charge on any atom is 0.242 e. The van der Waals surface area contributed by atoms with Crippen LogP contribution in [-0.2, 0) is 0 Å². The molecule has 0 atom stereocenters. The lowest BCUT2D eigenvalue weighted by Crippen LogP contribution is -1.94. The second-order valence-electron chi connectivity index (χ2n) is 4.54. The number of nitrogen functional groups attached to an aromatic ring is 1. The summed E-state index contributed by atoms with van der Waals surface area (Å²) in [5.74, 6) is 1.11.